The zero-order chi connectivity index (χ0) is 17.7. The standard InChI is InChI=1S/C19H27NO3Si/c1-19(2,3)24(4,5)23-14-11-15-17(21)16(18(22)20(15)12-14)13-9-7-6-8-10-13/h6-10,14-15,21H,11-12H2,1-5H3. The van der Waals surface area contributed by atoms with Crippen LogP contribution in [0, 0.1) is 0 Å². The van der Waals surface area contributed by atoms with E-state index in [9.17, 15) is 9.90 Å². The Morgan fingerprint density at radius 1 is 1.21 bits per heavy atom. The molecule has 2 atom stereocenters. The number of rotatable bonds is 3. The smallest absolute Gasteiger partial charge is 0.258 e. The lowest BCUT2D eigenvalue weighted by molar-refractivity contribution is -0.124. The van der Waals surface area contributed by atoms with Gasteiger partial charge in [0, 0.05) is 13.0 Å². The van der Waals surface area contributed by atoms with Crippen LogP contribution in [0.2, 0.25) is 18.1 Å². The lowest BCUT2D eigenvalue weighted by Crippen LogP contribution is -2.44. The summed E-state index contributed by atoms with van der Waals surface area (Å²) in [5.41, 5.74) is 1.24. The second-order valence-corrected chi connectivity index (χ2v) is 13.1. The fourth-order valence-corrected chi connectivity index (χ4v) is 4.61. The number of hydrogen-bond donors (Lipinski definition) is 1. The number of nitrogens with zero attached hydrogens (tertiary/aromatic N) is 1. The average Bonchev–Trinajstić information content (AvgIpc) is 2.98. The Morgan fingerprint density at radius 3 is 2.38 bits per heavy atom. The Morgan fingerprint density at radius 2 is 1.83 bits per heavy atom. The van der Waals surface area contributed by atoms with Gasteiger partial charge in [-0.15, -0.1) is 0 Å². The molecule has 2 aliphatic rings. The van der Waals surface area contributed by atoms with E-state index in [2.05, 4.69) is 33.9 Å². The summed E-state index contributed by atoms with van der Waals surface area (Å²) in [6.07, 6.45) is 0.694. The molecule has 24 heavy (non-hydrogen) atoms. The van der Waals surface area contributed by atoms with Gasteiger partial charge in [0.05, 0.1) is 17.7 Å². The van der Waals surface area contributed by atoms with E-state index in [1.807, 2.05) is 30.3 Å². The first kappa shape index (κ1) is 17.2. The van der Waals surface area contributed by atoms with Crippen molar-refractivity contribution in [3.8, 4) is 0 Å². The Kier molecular flexibility index (Phi) is 4.12. The number of benzene rings is 1. The summed E-state index contributed by atoms with van der Waals surface area (Å²) in [5.74, 6) is 0.123. The fourth-order valence-electron chi connectivity index (χ4n) is 3.26. The summed E-state index contributed by atoms with van der Waals surface area (Å²) in [6.45, 7) is 11.7. The summed E-state index contributed by atoms with van der Waals surface area (Å²) in [5, 5.41) is 10.8. The second kappa shape index (κ2) is 5.74. The Hall–Kier alpha value is -1.59. The molecule has 1 aromatic rings. The molecule has 1 aromatic carbocycles. The summed E-state index contributed by atoms with van der Waals surface area (Å²) in [6, 6.07) is 9.18. The van der Waals surface area contributed by atoms with E-state index < -0.39 is 8.32 Å². The summed E-state index contributed by atoms with van der Waals surface area (Å²) in [7, 11) is -1.88. The number of amides is 1. The van der Waals surface area contributed by atoms with Crippen LogP contribution in [0.1, 0.15) is 32.8 Å². The van der Waals surface area contributed by atoms with Gasteiger partial charge < -0.3 is 14.4 Å². The minimum absolute atomic E-state index is 0.0133. The number of aliphatic hydroxyl groups is 1. The van der Waals surface area contributed by atoms with Gasteiger partial charge in [0.15, 0.2) is 8.32 Å². The molecule has 5 heteroatoms. The van der Waals surface area contributed by atoms with Crippen molar-refractivity contribution in [3.63, 3.8) is 0 Å². The van der Waals surface area contributed by atoms with E-state index in [1.165, 1.54) is 0 Å². The first-order valence-electron chi connectivity index (χ1n) is 8.59. The Balaban J connectivity index is 1.80. The van der Waals surface area contributed by atoms with Crippen LogP contribution in [0.3, 0.4) is 0 Å². The van der Waals surface area contributed by atoms with Gasteiger partial charge in [-0.25, -0.2) is 0 Å². The molecule has 0 radical (unpaired) electrons. The van der Waals surface area contributed by atoms with Crippen molar-refractivity contribution < 1.29 is 14.3 Å². The van der Waals surface area contributed by atoms with Gasteiger partial charge in [-0.1, -0.05) is 51.1 Å². The SMILES string of the molecule is CC(C)(C)[Si](C)(C)OC1CC2C(O)=C(c3ccccc3)C(=O)N2C1. The van der Waals surface area contributed by atoms with Crippen molar-refractivity contribution in [1.29, 1.82) is 0 Å². The Labute approximate surface area is 145 Å². The third-order valence-electron chi connectivity index (χ3n) is 5.64. The van der Waals surface area contributed by atoms with Gasteiger partial charge in [-0.3, -0.25) is 4.79 Å². The third kappa shape index (κ3) is 2.80. The van der Waals surface area contributed by atoms with E-state index in [-0.39, 0.29) is 28.9 Å². The molecule has 0 saturated carbocycles. The average molecular weight is 346 g/mol. The predicted molar refractivity (Wildman–Crippen MR) is 98.2 cm³/mol. The number of carbonyl (C=O) groups is 1. The number of carbonyl (C=O) groups excluding carboxylic acids is 1. The molecule has 2 aliphatic heterocycles. The number of aliphatic hydroxyl groups excluding tert-OH is 1. The van der Waals surface area contributed by atoms with Crippen molar-refractivity contribution in [1.82, 2.24) is 4.90 Å². The van der Waals surface area contributed by atoms with Crippen LogP contribution in [0.4, 0.5) is 0 Å². The maximum atomic E-state index is 12.8. The molecule has 0 bridgehead atoms. The van der Waals surface area contributed by atoms with Gasteiger partial charge in [0.1, 0.15) is 5.76 Å². The highest BCUT2D eigenvalue weighted by Crippen LogP contribution is 2.42. The quantitative estimate of drug-likeness (QED) is 0.844. The van der Waals surface area contributed by atoms with E-state index >= 15 is 0 Å². The molecule has 4 nitrogen and oxygen atoms in total. The molecule has 0 aromatic heterocycles. The Bertz CT molecular complexity index is 676. The molecule has 3 rings (SSSR count). The molecular weight excluding hydrogens is 318 g/mol. The number of hydrogen-bond acceptors (Lipinski definition) is 3. The van der Waals surface area contributed by atoms with Crippen LogP contribution < -0.4 is 0 Å². The van der Waals surface area contributed by atoms with Gasteiger partial charge in [-0.2, -0.15) is 0 Å². The van der Waals surface area contributed by atoms with Gasteiger partial charge in [0.2, 0.25) is 0 Å². The van der Waals surface area contributed by atoms with Crippen LogP contribution in [-0.2, 0) is 9.22 Å². The highest BCUT2D eigenvalue weighted by molar-refractivity contribution is 6.74. The number of fused-ring (bicyclic) bond motifs is 1. The van der Waals surface area contributed by atoms with Crippen molar-refractivity contribution in [2.75, 3.05) is 6.54 Å². The molecule has 0 aliphatic carbocycles. The van der Waals surface area contributed by atoms with E-state index in [0.29, 0.717) is 18.5 Å². The largest absolute Gasteiger partial charge is 0.509 e. The summed E-state index contributed by atoms with van der Waals surface area (Å²) in [4.78, 5) is 14.5. The van der Waals surface area contributed by atoms with Gasteiger partial charge >= 0.3 is 0 Å². The predicted octanol–water partition coefficient (Wildman–Crippen LogP) is 3.96. The molecule has 2 unspecified atom stereocenters. The molecule has 0 spiro atoms. The minimum Gasteiger partial charge on any atom is -0.509 e. The van der Waals surface area contributed by atoms with Crippen LogP contribution in [0.5, 0.6) is 0 Å². The lowest BCUT2D eigenvalue weighted by atomic mass is 10.0. The maximum Gasteiger partial charge on any atom is 0.258 e. The van der Waals surface area contributed by atoms with Crippen LogP contribution in [0.25, 0.3) is 5.57 Å². The van der Waals surface area contributed by atoms with Crippen LogP contribution >= 0.6 is 0 Å². The lowest BCUT2D eigenvalue weighted by Gasteiger charge is -2.38. The van der Waals surface area contributed by atoms with Crippen molar-refractivity contribution in [3.05, 3.63) is 41.7 Å². The minimum atomic E-state index is -1.88. The van der Waals surface area contributed by atoms with E-state index in [4.69, 9.17) is 4.43 Å². The van der Waals surface area contributed by atoms with E-state index in [1.54, 1.807) is 4.90 Å². The monoisotopic (exact) mass is 345 g/mol. The first-order valence-corrected chi connectivity index (χ1v) is 11.5. The molecule has 130 valence electrons. The zero-order valence-corrected chi connectivity index (χ0v) is 16.2. The molecular formula is C19H27NO3Si. The third-order valence-corrected chi connectivity index (χ3v) is 10.2. The topological polar surface area (TPSA) is 49.8 Å². The molecule has 1 fully saturated rings. The van der Waals surface area contributed by atoms with Gasteiger partial charge in [0.25, 0.3) is 5.91 Å². The van der Waals surface area contributed by atoms with Crippen LogP contribution in [0.15, 0.2) is 36.1 Å². The zero-order valence-electron chi connectivity index (χ0n) is 15.2. The molecule has 1 N–H and O–H groups in total. The summed E-state index contributed by atoms with van der Waals surface area (Å²) < 4.78 is 6.45. The molecule has 1 saturated heterocycles. The second-order valence-electron chi connectivity index (χ2n) is 8.34. The highest BCUT2D eigenvalue weighted by atomic mass is 28.4. The van der Waals surface area contributed by atoms with Crippen molar-refractivity contribution in [2.45, 2.75) is 57.5 Å². The first-order chi connectivity index (χ1) is 11.1. The van der Waals surface area contributed by atoms with E-state index in [0.717, 1.165) is 5.56 Å². The van der Waals surface area contributed by atoms with Crippen molar-refractivity contribution in [2.24, 2.45) is 0 Å². The highest BCUT2D eigenvalue weighted by Gasteiger charge is 2.49. The van der Waals surface area contributed by atoms with Crippen molar-refractivity contribution >= 4 is 19.8 Å². The molecule has 2 heterocycles. The normalized spacial score (nSPS) is 24.7. The maximum absolute atomic E-state index is 12.8. The van der Waals surface area contributed by atoms with Gasteiger partial charge in [-0.05, 0) is 23.7 Å². The fraction of sp³-hybridized carbons (Fsp3) is 0.526. The summed E-state index contributed by atoms with van der Waals surface area (Å²) >= 11 is 0. The molecule has 1 amide bonds. The van der Waals surface area contributed by atoms with Crippen LogP contribution in [-0.4, -0.2) is 42.9 Å².